The topological polar surface area (TPSA) is 66.1 Å². The Morgan fingerprint density at radius 2 is 1.44 bits per heavy atom. The number of aromatic hydroxyl groups is 2. The largest absolute Gasteiger partial charge is 0.504 e. The molecule has 3 heterocycles. The van der Waals surface area contributed by atoms with Crippen LogP contribution in [0.3, 0.4) is 0 Å². The Morgan fingerprint density at radius 1 is 0.824 bits per heavy atom. The van der Waals surface area contributed by atoms with Crippen LogP contribution in [0.25, 0.3) is 0 Å². The predicted octanol–water partition coefficient (Wildman–Crippen LogP) is 6.09. The van der Waals surface area contributed by atoms with Crippen molar-refractivity contribution in [1.82, 2.24) is 0 Å². The van der Waals surface area contributed by atoms with Crippen LogP contribution in [0.15, 0.2) is 77.2 Å². The van der Waals surface area contributed by atoms with Gasteiger partial charge in [0.05, 0.1) is 12.0 Å². The molecule has 5 nitrogen and oxygen atoms in total. The van der Waals surface area contributed by atoms with E-state index in [-0.39, 0.29) is 30.4 Å². The summed E-state index contributed by atoms with van der Waals surface area (Å²) in [6.45, 7) is 0.334. The summed E-state index contributed by atoms with van der Waals surface area (Å²) in [6.07, 6.45) is -4.56. The molecule has 1 aromatic heterocycles. The molecule has 34 heavy (non-hydrogen) atoms. The van der Waals surface area contributed by atoms with Gasteiger partial charge in [-0.15, -0.1) is 0 Å². The molecule has 4 aromatic rings. The maximum Gasteiger partial charge on any atom is 0.449 e. The molecule has 1 spiro atoms. The summed E-state index contributed by atoms with van der Waals surface area (Å²) >= 11 is 0. The number of anilines is 2. The van der Waals surface area contributed by atoms with E-state index in [1.165, 1.54) is 18.2 Å². The Morgan fingerprint density at radius 3 is 2.06 bits per heavy atom. The van der Waals surface area contributed by atoms with Crippen LogP contribution >= 0.6 is 0 Å². The van der Waals surface area contributed by atoms with Crippen LogP contribution in [-0.4, -0.2) is 16.8 Å². The molecule has 0 radical (unpaired) electrons. The summed E-state index contributed by atoms with van der Waals surface area (Å²) in [5.41, 5.74) is 3.26. The lowest BCUT2D eigenvalue weighted by Gasteiger charge is -2.42. The van der Waals surface area contributed by atoms with Crippen molar-refractivity contribution in [3.05, 3.63) is 101 Å². The van der Waals surface area contributed by atoms with Gasteiger partial charge in [0.25, 0.3) is 0 Å². The first-order valence-electron chi connectivity index (χ1n) is 10.6. The quantitative estimate of drug-likeness (QED) is 0.351. The van der Waals surface area contributed by atoms with Gasteiger partial charge < -0.3 is 24.3 Å². The van der Waals surface area contributed by atoms with E-state index in [9.17, 15) is 23.4 Å². The molecule has 0 atom stereocenters. The molecular formula is C26H18F3NO4. The number of phenols is 2. The molecule has 3 aromatic carbocycles. The third kappa shape index (κ3) is 2.81. The summed E-state index contributed by atoms with van der Waals surface area (Å²) in [5.74, 6) is -0.914. The average molecular weight is 465 g/mol. The number of hydrogen-bond acceptors (Lipinski definition) is 5. The number of furan rings is 1. The van der Waals surface area contributed by atoms with E-state index in [1.807, 2.05) is 53.4 Å². The summed E-state index contributed by atoms with van der Waals surface area (Å²) in [4.78, 5) is 1.92. The minimum Gasteiger partial charge on any atom is -0.504 e. The van der Waals surface area contributed by atoms with Gasteiger partial charge in [-0.05, 0) is 41.5 Å². The monoisotopic (exact) mass is 465 g/mol. The van der Waals surface area contributed by atoms with Gasteiger partial charge in [0, 0.05) is 23.0 Å². The van der Waals surface area contributed by atoms with Gasteiger partial charge >= 0.3 is 6.18 Å². The first-order chi connectivity index (χ1) is 16.3. The van der Waals surface area contributed by atoms with Crippen LogP contribution in [-0.2, 0) is 18.1 Å². The number of hydrogen-bond donors (Lipinski definition) is 2. The summed E-state index contributed by atoms with van der Waals surface area (Å²) in [7, 11) is 0. The Bertz CT molecular complexity index is 1380. The molecule has 0 saturated carbocycles. The molecule has 0 saturated heterocycles. The first-order valence-corrected chi connectivity index (χ1v) is 10.6. The van der Waals surface area contributed by atoms with Gasteiger partial charge in [-0.1, -0.05) is 36.4 Å². The standard InChI is InChI=1S/C26H18F3NO4/c27-26(28,29)24-10-9-15(34-24)13-30-19-7-3-1-5-16(19)25(17-6-2-4-8-20(17)30)14-33-23-12-22(32)21(31)11-18(23)25/h1-12,31-32H,13-14H2. The van der Waals surface area contributed by atoms with Crippen LogP contribution < -0.4 is 9.64 Å². The van der Waals surface area contributed by atoms with Crippen molar-refractivity contribution in [2.75, 3.05) is 11.5 Å². The molecular weight excluding hydrogens is 447 g/mol. The Balaban J connectivity index is 1.55. The number of rotatable bonds is 2. The molecule has 2 aliphatic rings. The molecule has 172 valence electrons. The van der Waals surface area contributed by atoms with E-state index in [4.69, 9.17) is 9.15 Å². The smallest absolute Gasteiger partial charge is 0.449 e. The van der Waals surface area contributed by atoms with Crippen LogP contribution in [0, 0.1) is 0 Å². The second-order valence-corrected chi connectivity index (χ2v) is 8.42. The lowest BCUT2D eigenvalue weighted by Crippen LogP contribution is -2.39. The highest BCUT2D eigenvalue weighted by Crippen LogP contribution is 2.58. The number of halogens is 3. The van der Waals surface area contributed by atoms with Crippen molar-refractivity contribution in [2.24, 2.45) is 0 Å². The fourth-order valence-electron chi connectivity index (χ4n) is 5.08. The zero-order chi connectivity index (χ0) is 23.7. The van der Waals surface area contributed by atoms with Crippen molar-refractivity contribution in [3.63, 3.8) is 0 Å². The molecule has 8 heteroatoms. The van der Waals surface area contributed by atoms with Gasteiger partial charge in [0.2, 0.25) is 5.76 Å². The number of para-hydroxylation sites is 2. The minimum atomic E-state index is -4.56. The van der Waals surface area contributed by atoms with E-state index >= 15 is 0 Å². The zero-order valence-corrected chi connectivity index (χ0v) is 17.6. The van der Waals surface area contributed by atoms with E-state index < -0.39 is 17.4 Å². The molecule has 0 amide bonds. The molecule has 0 unspecified atom stereocenters. The highest BCUT2D eigenvalue weighted by molar-refractivity contribution is 5.82. The number of benzene rings is 3. The molecule has 2 N–H and O–H groups in total. The number of nitrogens with zero attached hydrogens (tertiary/aromatic N) is 1. The second-order valence-electron chi connectivity index (χ2n) is 8.42. The molecule has 0 aliphatic carbocycles. The Hall–Kier alpha value is -4.07. The third-order valence-electron chi connectivity index (χ3n) is 6.54. The van der Waals surface area contributed by atoms with Crippen LogP contribution in [0.2, 0.25) is 0 Å². The average Bonchev–Trinajstić information content (AvgIpc) is 3.43. The van der Waals surface area contributed by atoms with E-state index in [0.29, 0.717) is 11.3 Å². The van der Waals surface area contributed by atoms with Crippen LogP contribution in [0.1, 0.15) is 28.2 Å². The van der Waals surface area contributed by atoms with Crippen molar-refractivity contribution in [1.29, 1.82) is 0 Å². The maximum absolute atomic E-state index is 13.1. The van der Waals surface area contributed by atoms with Gasteiger partial charge in [-0.25, -0.2) is 0 Å². The lowest BCUT2D eigenvalue weighted by atomic mass is 9.67. The number of fused-ring (bicyclic) bond motifs is 6. The van der Waals surface area contributed by atoms with E-state index in [0.717, 1.165) is 28.6 Å². The summed E-state index contributed by atoms with van der Waals surface area (Å²) in [6, 6.07) is 20.4. The Kier molecular flexibility index (Phi) is 4.20. The normalized spacial score (nSPS) is 15.6. The molecule has 0 bridgehead atoms. The number of ether oxygens (including phenoxy) is 1. The maximum atomic E-state index is 13.1. The highest BCUT2D eigenvalue weighted by Gasteiger charge is 2.50. The van der Waals surface area contributed by atoms with Crippen molar-refractivity contribution in [2.45, 2.75) is 18.1 Å². The summed E-state index contributed by atoms with van der Waals surface area (Å²) < 4.78 is 50.4. The van der Waals surface area contributed by atoms with Gasteiger partial charge in [0.15, 0.2) is 11.5 Å². The lowest BCUT2D eigenvalue weighted by molar-refractivity contribution is -0.153. The van der Waals surface area contributed by atoms with Gasteiger partial charge in [0.1, 0.15) is 18.1 Å². The van der Waals surface area contributed by atoms with E-state index in [2.05, 4.69) is 0 Å². The van der Waals surface area contributed by atoms with E-state index in [1.54, 1.807) is 0 Å². The molecule has 6 rings (SSSR count). The first kappa shape index (κ1) is 20.5. The minimum absolute atomic E-state index is 0.0920. The highest BCUT2D eigenvalue weighted by atomic mass is 19.4. The Labute approximate surface area is 192 Å². The fraction of sp³-hybridized carbons (Fsp3) is 0.154. The van der Waals surface area contributed by atoms with Crippen molar-refractivity contribution >= 4 is 11.4 Å². The second kappa shape index (κ2) is 6.96. The SMILES string of the molecule is Oc1cc2c(cc1O)C1(CO2)c2ccccc2N(Cc2ccc(C(F)(F)F)o2)c2ccccc21. The fourth-order valence-corrected chi connectivity index (χ4v) is 5.08. The van der Waals surface area contributed by atoms with Crippen LogP contribution in [0.5, 0.6) is 17.2 Å². The van der Waals surface area contributed by atoms with Crippen molar-refractivity contribution < 1.29 is 32.5 Å². The predicted molar refractivity (Wildman–Crippen MR) is 118 cm³/mol. The number of alkyl halides is 3. The summed E-state index contributed by atoms with van der Waals surface area (Å²) in [5, 5.41) is 20.3. The van der Waals surface area contributed by atoms with Gasteiger partial charge in [-0.2, -0.15) is 13.2 Å². The zero-order valence-electron chi connectivity index (χ0n) is 17.6. The number of phenolic OH excluding ortho intramolecular Hbond substituents is 2. The van der Waals surface area contributed by atoms with Gasteiger partial charge in [-0.3, -0.25) is 0 Å². The van der Waals surface area contributed by atoms with Crippen LogP contribution in [0.4, 0.5) is 24.5 Å². The van der Waals surface area contributed by atoms with Crippen molar-refractivity contribution in [3.8, 4) is 17.2 Å². The molecule has 2 aliphatic heterocycles. The molecule has 0 fully saturated rings. The third-order valence-corrected chi connectivity index (χ3v) is 6.54.